The van der Waals surface area contributed by atoms with E-state index in [0.29, 0.717) is 36.1 Å². The normalized spacial score (nSPS) is 15.2. The second kappa shape index (κ2) is 10.1. The van der Waals surface area contributed by atoms with Crippen LogP contribution >= 0.6 is 11.6 Å². The number of hydrogen-bond donors (Lipinski definition) is 3. The molecule has 11 heteroatoms. The lowest BCUT2D eigenvalue weighted by Gasteiger charge is -2.33. The van der Waals surface area contributed by atoms with Crippen molar-refractivity contribution in [2.24, 2.45) is 0 Å². The summed E-state index contributed by atoms with van der Waals surface area (Å²) < 4.78 is 27.1. The fourth-order valence-electron chi connectivity index (χ4n) is 3.39. The Labute approximate surface area is 189 Å². The molecule has 3 aromatic rings. The lowest BCUT2D eigenvalue weighted by molar-refractivity contribution is -0.159. The molecule has 9 nitrogen and oxygen atoms in total. The zero-order valence-electron chi connectivity index (χ0n) is 16.9. The maximum Gasteiger partial charge on any atom is 0.414 e. The van der Waals surface area contributed by atoms with Gasteiger partial charge in [-0.15, -0.1) is 0 Å². The summed E-state index contributed by atoms with van der Waals surface area (Å²) in [6, 6.07) is 14.6. The number of sulfonamides is 1. The average Bonchev–Trinajstić information content (AvgIpc) is 3.18. The average molecular weight is 480 g/mol. The second-order valence-corrected chi connectivity index (χ2v) is 9.48. The van der Waals surface area contributed by atoms with Gasteiger partial charge >= 0.3 is 11.9 Å². The molecule has 2 aromatic carbocycles. The summed E-state index contributed by atoms with van der Waals surface area (Å²) in [4.78, 5) is 24.1. The summed E-state index contributed by atoms with van der Waals surface area (Å²) in [7, 11) is -3.46. The van der Waals surface area contributed by atoms with Gasteiger partial charge in [0, 0.05) is 54.8 Å². The third-order valence-electron chi connectivity index (χ3n) is 5.03. The molecule has 0 amide bonds. The highest BCUT2D eigenvalue weighted by Gasteiger charge is 2.28. The molecule has 170 valence electrons. The number of piperazine rings is 1. The molecule has 1 saturated heterocycles. The molecule has 1 aliphatic rings. The number of hydrogen-bond acceptors (Lipinski definition) is 5. The number of aromatic nitrogens is 1. The molecule has 32 heavy (non-hydrogen) atoms. The van der Waals surface area contributed by atoms with Crippen LogP contribution in [0.4, 0.5) is 0 Å². The number of aromatic amines is 1. The molecular formula is C21H22ClN3O6S. The maximum absolute atomic E-state index is 12.8. The van der Waals surface area contributed by atoms with Crippen LogP contribution in [0.25, 0.3) is 10.9 Å². The molecule has 1 aliphatic heterocycles. The number of benzene rings is 2. The van der Waals surface area contributed by atoms with E-state index in [1.807, 2.05) is 18.3 Å². The monoisotopic (exact) mass is 479 g/mol. The van der Waals surface area contributed by atoms with Crippen LogP contribution in [0, 0.1) is 0 Å². The van der Waals surface area contributed by atoms with Gasteiger partial charge in [0.2, 0.25) is 10.0 Å². The first-order chi connectivity index (χ1) is 15.2. The van der Waals surface area contributed by atoms with Crippen LogP contribution in [-0.4, -0.2) is 70.9 Å². The van der Waals surface area contributed by atoms with Crippen molar-refractivity contribution < 1.29 is 28.2 Å². The molecule has 0 spiro atoms. The highest BCUT2D eigenvalue weighted by molar-refractivity contribution is 7.89. The number of nitrogens with zero attached hydrogens (tertiary/aromatic N) is 2. The van der Waals surface area contributed by atoms with Gasteiger partial charge in [0.15, 0.2) is 0 Å². The van der Waals surface area contributed by atoms with Gasteiger partial charge in [-0.25, -0.2) is 18.0 Å². The molecule has 0 saturated carbocycles. The van der Waals surface area contributed by atoms with Crippen molar-refractivity contribution in [2.45, 2.75) is 11.4 Å². The number of para-hydroxylation sites is 1. The van der Waals surface area contributed by atoms with Gasteiger partial charge in [-0.3, -0.25) is 4.90 Å². The maximum atomic E-state index is 12.8. The van der Waals surface area contributed by atoms with Crippen molar-refractivity contribution in [1.29, 1.82) is 0 Å². The number of rotatable bonds is 4. The lowest BCUT2D eigenvalue weighted by atomic mass is 10.1. The highest BCUT2D eigenvalue weighted by atomic mass is 35.5. The van der Waals surface area contributed by atoms with Crippen molar-refractivity contribution in [3.8, 4) is 0 Å². The quantitative estimate of drug-likeness (QED) is 0.490. The van der Waals surface area contributed by atoms with Crippen LogP contribution in [0.5, 0.6) is 0 Å². The number of carboxylic acid groups (broad SMARTS) is 2. The predicted octanol–water partition coefficient (Wildman–Crippen LogP) is 2.48. The minimum Gasteiger partial charge on any atom is -0.473 e. The summed E-state index contributed by atoms with van der Waals surface area (Å²) in [5, 5.41) is 16.5. The molecule has 0 atom stereocenters. The van der Waals surface area contributed by atoms with Crippen molar-refractivity contribution in [1.82, 2.24) is 14.2 Å². The number of halogens is 1. The van der Waals surface area contributed by atoms with E-state index in [4.69, 9.17) is 31.4 Å². The van der Waals surface area contributed by atoms with Gasteiger partial charge < -0.3 is 15.2 Å². The Kier molecular flexibility index (Phi) is 7.52. The SMILES string of the molecule is O=C(O)C(=O)O.O=S(=O)(c1ccc(Cl)cc1)N1CCN(Cc2c[nH]c3ccccc23)CC1. The summed E-state index contributed by atoms with van der Waals surface area (Å²) in [5.74, 6) is -3.65. The first kappa shape index (κ1) is 23.7. The van der Waals surface area contributed by atoms with Crippen LogP contribution in [0.3, 0.4) is 0 Å². The van der Waals surface area contributed by atoms with E-state index >= 15 is 0 Å². The zero-order chi connectivity index (χ0) is 23.3. The van der Waals surface area contributed by atoms with E-state index in [1.165, 1.54) is 10.9 Å². The first-order valence-corrected chi connectivity index (χ1v) is 11.5. The minimum atomic E-state index is -3.46. The summed E-state index contributed by atoms with van der Waals surface area (Å²) in [6.45, 7) is 3.23. The van der Waals surface area contributed by atoms with E-state index < -0.39 is 22.0 Å². The molecular weight excluding hydrogens is 458 g/mol. The van der Waals surface area contributed by atoms with Gasteiger partial charge in [-0.2, -0.15) is 4.31 Å². The second-order valence-electron chi connectivity index (χ2n) is 7.10. The molecule has 3 N–H and O–H groups in total. The number of nitrogens with one attached hydrogen (secondary N) is 1. The summed E-state index contributed by atoms with van der Waals surface area (Å²) in [6.07, 6.45) is 2.04. The molecule has 0 unspecified atom stereocenters. The van der Waals surface area contributed by atoms with Crippen molar-refractivity contribution >= 4 is 44.5 Å². The van der Waals surface area contributed by atoms with Gasteiger partial charge in [-0.1, -0.05) is 29.8 Å². The summed E-state index contributed by atoms with van der Waals surface area (Å²) in [5.41, 5.74) is 2.38. The van der Waals surface area contributed by atoms with Gasteiger partial charge in [0.05, 0.1) is 4.90 Å². The Bertz CT molecular complexity index is 1190. The number of carbonyl (C=O) groups is 2. The third kappa shape index (κ3) is 5.65. The van der Waals surface area contributed by atoms with Gasteiger partial charge in [-0.05, 0) is 35.9 Å². The Morgan fingerprint density at radius 2 is 1.53 bits per heavy atom. The Morgan fingerprint density at radius 1 is 0.938 bits per heavy atom. The van der Waals surface area contributed by atoms with Crippen LogP contribution in [-0.2, 0) is 26.2 Å². The summed E-state index contributed by atoms with van der Waals surface area (Å²) >= 11 is 5.86. The molecule has 2 heterocycles. The van der Waals surface area contributed by atoms with E-state index in [-0.39, 0.29) is 0 Å². The van der Waals surface area contributed by atoms with E-state index in [9.17, 15) is 8.42 Å². The third-order valence-corrected chi connectivity index (χ3v) is 7.20. The molecule has 0 bridgehead atoms. The van der Waals surface area contributed by atoms with Crippen molar-refractivity contribution in [3.05, 3.63) is 65.3 Å². The molecule has 1 aromatic heterocycles. The van der Waals surface area contributed by atoms with Crippen LogP contribution in [0.15, 0.2) is 59.6 Å². The molecule has 0 aliphatic carbocycles. The minimum absolute atomic E-state index is 0.298. The van der Waals surface area contributed by atoms with Gasteiger partial charge in [0.1, 0.15) is 0 Å². The molecule has 0 radical (unpaired) electrons. The number of fused-ring (bicyclic) bond motifs is 1. The van der Waals surface area contributed by atoms with Crippen LogP contribution in [0.2, 0.25) is 5.02 Å². The van der Waals surface area contributed by atoms with E-state index in [0.717, 1.165) is 12.1 Å². The van der Waals surface area contributed by atoms with Crippen molar-refractivity contribution in [3.63, 3.8) is 0 Å². The fourth-order valence-corrected chi connectivity index (χ4v) is 4.94. The lowest BCUT2D eigenvalue weighted by Crippen LogP contribution is -2.48. The highest BCUT2D eigenvalue weighted by Crippen LogP contribution is 2.22. The van der Waals surface area contributed by atoms with Gasteiger partial charge in [0.25, 0.3) is 0 Å². The number of aliphatic carboxylic acids is 2. The largest absolute Gasteiger partial charge is 0.473 e. The van der Waals surface area contributed by atoms with Crippen LogP contribution < -0.4 is 0 Å². The Morgan fingerprint density at radius 3 is 2.12 bits per heavy atom. The number of H-pyrrole nitrogens is 1. The Balaban J connectivity index is 0.000000427. The predicted molar refractivity (Wildman–Crippen MR) is 119 cm³/mol. The molecule has 1 fully saturated rings. The molecule has 4 rings (SSSR count). The van der Waals surface area contributed by atoms with E-state index in [2.05, 4.69) is 22.0 Å². The topological polar surface area (TPSA) is 131 Å². The van der Waals surface area contributed by atoms with Crippen molar-refractivity contribution in [2.75, 3.05) is 26.2 Å². The van der Waals surface area contributed by atoms with E-state index in [1.54, 1.807) is 28.6 Å². The zero-order valence-corrected chi connectivity index (χ0v) is 18.5. The Hall–Kier alpha value is -2.92. The fraction of sp³-hybridized carbons (Fsp3) is 0.238. The van der Waals surface area contributed by atoms with Crippen LogP contribution in [0.1, 0.15) is 5.56 Å². The standard InChI is InChI=1S/C19H20ClN3O2S.C2H2O4/c20-16-5-7-17(8-6-16)26(24,25)23-11-9-22(10-12-23)14-15-13-21-19-4-2-1-3-18(15)19;3-1(4)2(5)6/h1-8,13,21H,9-12,14H2;(H,3,4)(H,5,6). The first-order valence-electron chi connectivity index (χ1n) is 9.68. The smallest absolute Gasteiger partial charge is 0.414 e. The number of carboxylic acids is 2.